The summed E-state index contributed by atoms with van der Waals surface area (Å²) >= 11 is 12.7. The average molecular weight is 653 g/mol. The van der Waals surface area contributed by atoms with E-state index >= 15 is 0 Å². The number of carbonyl (C=O) groups is 2. The van der Waals surface area contributed by atoms with E-state index in [1.807, 2.05) is 44.2 Å². The van der Waals surface area contributed by atoms with Gasteiger partial charge in [-0.05, 0) is 60.9 Å². The molecule has 0 spiro atoms. The number of nitrogens with zero attached hydrogens (tertiary/aromatic N) is 2. The van der Waals surface area contributed by atoms with Crippen LogP contribution in [0.2, 0.25) is 10.0 Å². The summed E-state index contributed by atoms with van der Waals surface area (Å²) in [7, 11) is -4.16. The number of carbonyl (C=O) groups excluding carboxylic acids is 2. The lowest BCUT2D eigenvalue weighted by Crippen LogP contribution is -2.53. The predicted octanol–water partition coefficient (Wildman–Crippen LogP) is 6.66. The molecule has 0 aliphatic carbocycles. The lowest BCUT2D eigenvalue weighted by atomic mass is 10.0. The van der Waals surface area contributed by atoms with Crippen LogP contribution in [0.15, 0.2) is 108 Å². The smallest absolute Gasteiger partial charge is 0.264 e. The average Bonchev–Trinajstić information content (AvgIpc) is 3.02. The number of para-hydroxylation sites is 1. The standard InChI is InChI=1S/C34H35Cl2N3O4S/c1-3-20-37-34(41)32(21-26-10-6-4-7-11-26)38(23-27-16-17-28(35)22-31(27)36)33(40)24-39(29-12-8-5-9-13-29)44(42,43)30-18-14-25(2)15-19-30/h4-19,22,32H,3,20-21,23-24H2,1-2H3,(H,37,41). The van der Waals surface area contributed by atoms with Crippen molar-refractivity contribution < 1.29 is 18.0 Å². The molecule has 0 aromatic heterocycles. The highest BCUT2D eigenvalue weighted by Gasteiger charge is 2.34. The lowest BCUT2D eigenvalue weighted by molar-refractivity contribution is -0.140. The highest BCUT2D eigenvalue weighted by atomic mass is 35.5. The molecular weight excluding hydrogens is 617 g/mol. The Labute approximate surface area is 269 Å². The van der Waals surface area contributed by atoms with Gasteiger partial charge >= 0.3 is 0 Å². The van der Waals surface area contributed by atoms with Gasteiger partial charge in [0.1, 0.15) is 12.6 Å². The summed E-state index contributed by atoms with van der Waals surface area (Å²) in [5.74, 6) is -0.912. The van der Waals surface area contributed by atoms with Crippen molar-refractivity contribution in [3.8, 4) is 0 Å². The maximum atomic E-state index is 14.4. The van der Waals surface area contributed by atoms with E-state index in [1.54, 1.807) is 60.7 Å². The number of benzene rings is 4. The molecule has 4 aromatic rings. The maximum Gasteiger partial charge on any atom is 0.264 e. The summed E-state index contributed by atoms with van der Waals surface area (Å²) in [4.78, 5) is 29.6. The number of sulfonamides is 1. The van der Waals surface area contributed by atoms with Gasteiger partial charge in [0.15, 0.2) is 0 Å². The van der Waals surface area contributed by atoms with Crippen LogP contribution in [0.4, 0.5) is 5.69 Å². The van der Waals surface area contributed by atoms with E-state index in [0.29, 0.717) is 34.3 Å². The SMILES string of the molecule is CCCNC(=O)C(Cc1ccccc1)N(Cc1ccc(Cl)cc1Cl)C(=O)CN(c1ccccc1)S(=O)(=O)c1ccc(C)cc1. The Kier molecular flexibility index (Phi) is 11.4. The van der Waals surface area contributed by atoms with Gasteiger partial charge in [0.2, 0.25) is 11.8 Å². The molecule has 2 amide bonds. The van der Waals surface area contributed by atoms with Crippen LogP contribution in [0, 0.1) is 6.92 Å². The molecule has 1 unspecified atom stereocenters. The molecule has 0 fully saturated rings. The molecule has 0 heterocycles. The highest BCUT2D eigenvalue weighted by Crippen LogP contribution is 2.27. The molecule has 0 aliphatic rings. The Balaban J connectivity index is 1.80. The fourth-order valence-electron chi connectivity index (χ4n) is 4.71. The second kappa shape index (κ2) is 15.2. The van der Waals surface area contributed by atoms with Crippen molar-refractivity contribution in [2.45, 2.75) is 44.2 Å². The quantitative estimate of drug-likeness (QED) is 0.175. The number of amides is 2. The van der Waals surface area contributed by atoms with Crippen LogP contribution in [-0.2, 0) is 32.6 Å². The number of rotatable bonds is 13. The molecule has 0 saturated carbocycles. The second-order valence-corrected chi connectivity index (χ2v) is 13.1. The van der Waals surface area contributed by atoms with Gasteiger partial charge in [0.05, 0.1) is 10.6 Å². The molecule has 4 rings (SSSR count). The number of nitrogens with one attached hydrogen (secondary N) is 1. The topological polar surface area (TPSA) is 86.8 Å². The van der Waals surface area contributed by atoms with Crippen molar-refractivity contribution in [1.82, 2.24) is 10.2 Å². The summed E-state index contributed by atoms with van der Waals surface area (Å²) < 4.78 is 29.1. The summed E-state index contributed by atoms with van der Waals surface area (Å²) in [5, 5.41) is 3.68. The predicted molar refractivity (Wildman–Crippen MR) is 176 cm³/mol. The van der Waals surface area contributed by atoms with Gasteiger partial charge in [-0.25, -0.2) is 8.42 Å². The molecule has 0 radical (unpaired) electrons. The second-order valence-electron chi connectivity index (χ2n) is 10.4. The first-order valence-electron chi connectivity index (χ1n) is 14.3. The Morgan fingerprint density at radius 3 is 2.11 bits per heavy atom. The Hall–Kier alpha value is -3.85. The summed E-state index contributed by atoms with van der Waals surface area (Å²) in [6.07, 6.45) is 0.917. The highest BCUT2D eigenvalue weighted by molar-refractivity contribution is 7.92. The Morgan fingerprint density at radius 2 is 1.50 bits per heavy atom. The van der Waals surface area contributed by atoms with E-state index < -0.39 is 28.5 Å². The fraction of sp³-hybridized carbons (Fsp3) is 0.235. The largest absolute Gasteiger partial charge is 0.354 e. The van der Waals surface area contributed by atoms with Crippen LogP contribution < -0.4 is 9.62 Å². The molecule has 0 saturated heterocycles. The zero-order chi connectivity index (χ0) is 31.7. The molecule has 1 atom stereocenters. The number of hydrogen-bond donors (Lipinski definition) is 1. The molecule has 4 aromatic carbocycles. The number of aryl methyl sites for hydroxylation is 1. The van der Waals surface area contributed by atoms with E-state index in [0.717, 1.165) is 15.4 Å². The molecule has 0 bridgehead atoms. The zero-order valence-electron chi connectivity index (χ0n) is 24.6. The normalized spacial score (nSPS) is 11.9. The third kappa shape index (κ3) is 8.40. The maximum absolute atomic E-state index is 14.4. The van der Waals surface area contributed by atoms with Crippen LogP contribution >= 0.6 is 23.2 Å². The summed E-state index contributed by atoms with van der Waals surface area (Å²) in [5.41, 5.74) is 2.63. The van der Waals surface area contributed by atoms with Gasteiger partial charge in [-0.2, -0.15) is 0 Å². The van der Waals surface area contributed by atoms with Crippen LogP contribution in [0.5, 0.6) is 0 Å². The van der Waals surface area contributed by atoms with Crippen LogP contribution in [0.25, 0.3) is 0 Å². The molecular formula is C34H35Cl2N3O4S. The molecule has 230 valence electrons. The molecule has 44 heavy (non-hydrogen) atoms. The van der Waals surface area contributed by atoms with Gasteiger partial charge in [0.25, 0.3) is 10.0 Å². The molecule has 0 aliphatic heterocycles. The van der Waals surface area contributed by atoms with Crippen molar-refractivity contribution in [2.75, 3.05) is 17.4 Å². The van der Waals surface area contributed by atoms with Gasteiger partial charge in [-0.3, -0.25) is 13.9 Å². The van der Waals surface area contributed by atoms with E-state index in [-0.39, 0.29) is 23.8 Å². The van der Waals surface area contributed by atoms with Gasteiger partial charge in [-0.15, -0.1) is 0 Å². The third-order valence-electron chi connectivity index (χ3n) is 7.11. The zero-order valence-corrected chi connectivity index (χ0v) is 26.9. The lowest BCUT2D eigenvalue weighted by Gasteiger charge is -2.34. The van der Waals surface area contributed by atoms with E-state index in [4.69, 9.17) is 23.2 Å². The minimum absolute atomic E-state index is 0.0426. The fourth-order valence-corrected chi connectivity index (χ4v) is 6.60. The number of hydrogen-bond acceptors (Lipinski definition) is 4. The van der Waals surface area contributed by atoms with Gasteiger partial charge < -0.3 is 10.2 Å². The van der Waals surface area contributed by atoms with Crippen molar-refractivity contribution >= 4 is 50.7 Å². The third-order valence-corrected chi connectivity index (χ3v) is 9.48. The van der Waals surface area contributed by atoms with E-state index in [1.165, 1.54) is 17.0 Å². The van der Waals surface area contributed by atoms with E-state index in [9.17, 15) is 18.0 Å². The van der Waals surface area contributed by atoms with Crippen molar-refractivity contribution in [3.05, 3.63) is 130 Å². The van der Waals surface area contributed by atoms with E-state index in [2.05, 4.69) is 5.32 Å². The monoisotopic (exact) mass is 651 g/mol. The number of anilines is 1. The van der Waals surface area contributed by atoms with Crippen LogP contribution in [-0.4, -0.2) is 44.3 Å². The molecule has 7 nitrogen and oxygen atoms in total. The van der Waals surface area contributed by atoms with Crippen molar-refractivity contribution in [1.29, 1.82) is 0 Å². The van der Waals surface area contributed by atoms with Crippen molar-refractivity contribution in [3.63, 3.8) is 0 Å². The molecule has 1 N–H and O–H groups in total. The minimum atomic E-state index is -4.16. The first-order chi connectivity index (χ1) is 21.1. The van der Waals surface area contributed by atoms with Crippen molar-refractivity contribution in [2.24, 2.45) is 0 Å². The minimum Gasteiger partial charge on any atom is -0.354 e. The summed E-state index contributed by atoms with van der Waals surface area (Å²) in [6.45, 7) is 3.64. The Morgan fingerprint density at radius 1 is 0.864 bits per heavy atom. The van der Waals surface area contributed by atoms with Crippen LogP contribution in [0.1, 0.15) is 30.0 Å². The first kappa shape index (κ1) is 33.1. The number of halogens is 2. The first-order valence-corrected chi connectivity index (χ1v) is 16.5. The summed E-state index contributed by atoms with van der Waals surface area (Å²) in [6, 6.07) is 28.3. The van der Waals surface area contributed by atoms with Gasteiger partial charge in [-0.1, -0.05) is 102 Å². The Bertz CT molecular complexity index is 1670. The van der Waals surface area contributed by atoms with Gasteiger partial charge in [0, 0.05) is 29.6 Å². The van der Waals surface area contributed by atoms with Crippen LogP contribution in [0.3, 0.4) is 0 Å². The molecule has 10 heteroatoms.